The number of ether oxygens (including phenoxy) is 1. The van der Waals surface area contributed by atoms with Crippen LogP contribution in [0.2, 0.25) is 0 Å². The zero-order chi connectivity index (χ0) is 11.4. The summed E-state index contributed by atoms with van der Waals surface area (Å²) < 4.78 is 41.5. The highest BCUT2D eigenvalue weighted by atomic mass is 19.3. The quantitative estimate of drug-likeness (QED) is 0.704. The van der Waals surface area contributed by atoms with Crippen molar-refractivity contribution in [3.63, 3.8) is 0 Å². The van der Waals surface area contributed by atoms with Gasteiger partial charge in [0.2, 0.25) is 5.82 Å². The number of hydrogen-bond acceptors (Lipinski definition) is 4. The third-order valence-corrected chi connectivity index (χ3v) is 1.60. The van der Waals surface area contributed by atoms with E-state index in [4.69, 9.17) is 0 Å². The lowest BCUT2D eigenvalue weighted by Crippen LogP contribution is -2.23. The van der Waals surface area contributed by atoms with Crippen molar-refractivity contribution >= 4 is 5.97 Å². The molecule has 1 heterocycles. The molecule has 0 aliphatic rings. The second-order valence-corrected chi connectivity index (χ2v) is 2.61. The van der Waals surface area contributed by atoms with Crippen molar-refractivity contribution in [2.45, 2.75) is 19.1 Å². The molecule has 8 heteroatoms. The standard InChI is InChI=1S/C7H8F3N3O2/c1-15-7(14)6-11-3-12-13(6)2-4(8)5(9)10/h3-5H,2H2,1H3. The summed E-state index contributed by atoms with van der Waals surface area (Å²) >= 11 is 0. The lowest BCUT2D eigenvalue weighted by molar-refractivity contribution is 0.0362. The van der Waals surface area contributed by atoms with Crippen LogP contribution in [0.4, 0.5) is 13.2 Å². The molecule has 0 aliphatic carbocycles. The highest BCUT2D eigenvalue weighted by Gasteiger charge is 2.23. The van der Waals surface area contributed by atoms with Crippen molar-refractivity contribution in [3.05, 3.63) is 12.2 Å². The molecule has 0 fully saturated rings. The van der Waals surface area contributed by atoms with Gasteiger partial charge >= 0.3 is 5.97 Å². The van der Waals surface area contributed by atoms with Crippen LogP contribution >= 0.6 is 0 Å². The minimum absolute atomic E-state index is 0.305. The maximum Gasteiger partial charge on any atom is 0.375 e. The Morgan fingerprint density at radius 1 is 1.60 bits per heavy atom. The Morgan fingerprint density at radius 2 is 2.27 bits per heavy atom. The maximum absolute atomic E-state index is 12.6. The van der Waals surface area contributed by atoms with Crippen molar-refractivity contribution in [1.82, 2.24) is 14.8 Å². The highest BCUT2D eigenvalue weighted by molar-refractivity contribution is 5.85. The molecule has 84 valence electrons. The van der Waals surface area contributed by atoms with Crippen LogP contribution in [0.25, 0.3) is 0 Å². The number of carbonyl (C=O) groups excluding carboxylic acids is 1. The van der Waals surface area contributed by atoms with Crippen molar-refractivity contribution in [2.75, 3.05) is 7.11 Å². The monoisotopic (exact) mass is 223 g/mol. The number of hydrogen-bond donors (Lipinski definition) is 0. The molecular formula is C7H8F3N3O2. The summed E-state index contributed by atoms with van der Waals surface area (Å²) in [5, 5.41) is 3.44. The average molecular weight is 223 g/mol. The second-order valence-electron chi connectivity index (χ2n) is 2.61. The van der Waals surface area contributed by atoms with Crippen molar-refractivity contribution in [3.8, 4) is 0 Å². The number of alkyl halides is 3. The van der Waals surface area contributed by atoms with Gasteiger partial charge in [-0.05, 0) is 0 Å². The van der Waals surface area contributed by atoms with Crippen molar-refractivity contribution < 1.29 is 22.7 Å². The summed E-state index contributed by atoms with van der Waals surface area (Å²) in [5.41, 5.74) is 0. The molecule has 0 radical (unpaired) electrons. The first-order valence-corrected chi connectivity index (χ1v) is 3.94. The number of carbonyl (C=O) groups is 1. The predicted molar refractivity (Wildman–Crippen MR) is 42.3 cm³/mol. The molecule has 15 heavy (non-hydrogen) atoms. The molecule has 0 saturated heterocycles. The molecule has 1 rings (SSSR count). The summed E-state index contributed by atoms with van der Waals surface area (Å²) in [7, 11) is 1.10. The van der Waals surface area contributed by atoms with Gasteiger partial charge in [-0.3, -0.25) is 0 Å². The molecule has 0 N–H and O–H groups in total. The minimum atomic E-state index is -3.13. The Hall–Kier alpha value is -1.60. The molecule has 1 aromatic heterocycles. The van der Waals surface area contributed by atoms with Crippen LogP contribution in [0, 0.1) is 0 Å². The number of methoxy groups -OCH3 is 1. The first-order valence-electron chi connectivity index (χ1n) is 3.94. The van der Waals surface area contributed by atoms with Crippen LogP contribution in [-0.2, 0) is 11.3 Å². The molecule has 1 unspecified atom stereocenters. The van der Waals surface area contributed by atoms with E-state index in [-0.39, 0.29) is 5.82 Å². The van der Waals surface area contributed by atoms with Gasteiger partial charge in [-0.1, -0.05) is 0 Å². The van der Waals surface area contributed by atoms with E-state index in [1.165, 1.54) is 0 Å². The Morgan fingerprint density at radius 3 is 2.80 bits per heavy atom. The molecule has 1 aromatic rings. The predicted octanol–water partition coefficient (Wildman–Crippen LogP) is 0.668. The Kier molecular flexibility index (Phi) is 3.64. The number of nitrogens with zero attached hydrogens (tertiary/aromatic N) is 3. The molecule has 0 aromatic carbocycles. The third-order valence-electron chi connectivity index (χ3n) is 1.60. The number of aromatic nitrogens is 3. The third kappa shape index (κ3) is 2.67. The van der Waals surface area contributed by atoms with E-state index in [0.29, 0.717) is 0 Å². The zero-order valence-electron chi connectivity index (χ0n) is 7.73. The van der Waals surface area contributed by atoms with Gasteiger partial charge in [0.05, 0.1) is 13.7 Å². The fraction of sp³-hybridized carbons (Fsp3) is 0.571. The van der Waals surface area contributed by atoms with Gasteiger partial charge in [0.25, 0.3) is 6.43 Å². The summed E-state index contributed by atoms with van der Waals surface area (Å²) in [6, 6.07) is 0. The Balaban J connectivity index is 2.77. The molecule has 0 amide bonds. The molecular weight excluding hydrogens is 215 g/mol. The lowest BCUT2D eigenvalue weighted by Gasteiger charge is -2.08. The molecule has 0 spiro atoms. The van der Waals surface area contributed by atoms with E-state index in [9.17, 15) is 18.0 Å². The maximum atomic E-state index is 12.6. The van der Waals surface area contributed by atoms with E-state index in [0.717, 1.165) is 18.1 Å². The fourth-order valence-corrected chi connectivity index (χ4v) is 0.892. The summed E-state index contributed by atoms with van der Waals surface area (Å²) in [5.74, 6) is -1.16. The number of rotatable bonds is 4. The van der Waals surface area contributed by atoms with Gasteiger partial charge in [0.1, 0.15) is 6.33 Å². The van der Waals surface area contributed by atoms with E-state index in [2.05, 4.69) is 14.8 Å². The summed E-state index contributed by atoms with van der Waals surface area (Å²) in [6.07, 6.45) is -4.56. The Labute approximate surface area is 82.9 Å². The first-order chi connectivity index (χ1) is 7.06. The largest absolute Gasteiger partial charge is 0.463 e. The van der Waals surface area contributed by atoms with Crippen molar-refractivity contribution in [1.29, 1.82) is 0 Å². The topological polar surface area (TPSA) is 57.0 Å². The average Bonchev–Trinajstić information content (AvgIpc) is 2.64. The fourth-order valence-electron chi connectivity index (χ4n) is 0.892. The Bertz CT molecular complexity index is 342. The van der Waals surface area contributed by atoms with Gasteiger partial charge in [0.15, 0.2) is 6.17 Å². The van der Waals surface area contributed by atoms with Gasteiger partial charge in [-0.2, -0.15) is 5.10 Å². The summed E-state index contributed by atoms with van der Waals surface area (Å²) in [6.45, 7) is -0.734. The molecule has 5 nitrogen and oxygen atoms in total. The highest BCUT2D eigenvalue weighted by Crippen LogP contribution is 2.09. The van der Waals surface area contributed by atoms with E-state index in [1.54, 1.807) is 0 Å². The molecule has 1 atom stereocenters. The normalized spacial score (nSPS) is 12.9. The van der Waals surface area contributed by atoms with Crippen LogP contribution in [-0.4, -0.2) is 40.4 Å². The minimum Gasteiger partial charge on any atom is -0.463 e. The smallest absolute Gasteiger partial charge is 0.375 e. The van der Waals surface area contributed by atoms with Crippen LogP contribution in [0.3, 0.4) is 0 Å². The molecule has 0 aliphatic heterocycles. The zero-order valence-corrected chi connectivity index (χ0v) is 7.73. The number of halogens is 3. The van der Waals surface area contributed by atoms with Gasteiger partial charge in [-0.25, -0.2) is 27.6 Å². The van der Waals surface area contributed by atoms with E-state index < -0.39 is 25.1 Å². The van der Waals surface area contributed by atoms with Crippen LogP contribution in [0.15, 0.2) is 6.33 Å². The number of esters is 1. The summed E-state index contributed by atoms with van der Waals surface area (Å²) in [4.78, 5) is 14.5. The van der Waals surface area contributed by atoms with Crippen LogP contribution in [0.1, 0.15) is 10.6 Å². The lowest BCUT2D eigenvalue weighted by atomic mass is 10.4. The first kappa shape index (κ1) is 11.5. The van der Waals surface area contributed by atoms with E-state index in [1.807, 2.05) is 0 Å². The van der Waals surface area contributed by atoms with Gasteiger partial charge < -0.3 is 4.74 Å². The van der Waals surface area contributed by atoms with Crippen LogP contribution in [0.5, 0.6) is 0 Å². The van der Waals surface area contributed by atoms with Gasteiger partial charge in [0, 0.05) is 0 Å². The molecule has 0 bridgehead atoms. The molecule has 0 saturated carbocycles. The van der Waals surface area contributed by atoms with Crippen molar-refractivity contribution in [2.24, 2.45) is 0 Å². The van der Waals surface area contributed by atoms with E-state index >= 15 is 0 Å². The SMILES string of the molecule is COC(=O)c1ncnn1CC(F)C(F)F. The second kappa shape index (κ2) is 4.76. The van der Waals surface area contributed by atoms with Crippen LogP contribution < -0.4 is 0 Å². The van der Waals surface area contributed by atoms with Gasteiger partial charge in [-0.15, -0.1) is 0 Å².